The minimum Gasteiger partial charge on any atom is -0.506 e. The maximum absolute atomic E-state index is 12.1. The van der Waals surface area contributed by atoms with Gasteiger partial charge in [0, 0.05) is 4.70 Å². The summed E-state index contributed by atoms with van der Waals surface area (Å²) in [6.07, 6.45) is 1.51. The van der Waals surface area contributed by atoms with Crippen LogP contribution in [0.3, 0.4) is 0 Å². The molecule has 0 atom stereocenters. The van der Waals surface area contributed by atoms with E-state index in [-0.39, 0.29) is 11.7 Å². The highest BCUT2D eigenvalue weighted by atomic mass is 79.9. The number of phenolic OH excluding ortho intramolecular Hbond substituents is 1. The SMILES string of the molecule is O=C(N/N=C/c1cc(Br)c(O)c(Br)c1)c1cc2ccccc2s1. The predicted octanol–water partition coefficient (Wildman–Crippen LogP) is 4.90. The van der Waals surface area contributed by atoms with Crippen molar-refractivity contribution in [3.05, 3.63) is 61.9 Å². The summed E-state index contributed by atoms with van der Waals surface area (Å²) in [6.45, 7) is 0. The van der Waals surface area contributed by atoms with Gasteiger partial charge in [-0.25, -0.2) is 5.43 Å². The van der Waals surface area contributed by atoms with Crippen molar-refractivity contribution in [1.29, 1.82) is 0 Å². The fraction of sp³-hybridized carbons (Fsp3) is 0. The number of hydrogen-bond acceptors (Lipinski definition) is 4. The molecule has 3 rings (SSSR count). The molecule has 0 saturated carbocycles. The normalized spacial score (nSPS) is 11.2. The number of carbonyl (C=O) groups excluding carboxylic acids is 1. The number of rotatable bonds is 3. The zero-order valence-corrected chi connectivity index (χ0v) is 15.6. The van der Waals surface area contributed by atoms with Gasteiger partial charge in [-0.05, 0) is 67.1 Å². The number of halogens is 2. The summed E-state index contributed by atoms with van der Waals surface area (Å²) in [5, 5.41) is 14.7. The number of benzene rings is 2. The van der Waals surface area contributed by atoms with E-state index in [2.05, 4.69) is 42.4 Å². The molecule has 0 radical (unpaired) electrons. The Morgan fingerprint density at radius 1 is 1.17 bits per heavy atom. The minimum atomic E-state index is -0.251. The van der Waals surface area contributed by atoms with Crippen molar-refractivity contribution in [2.75, 3.05) is 0 Å². The van der Waals surface area contributed by atoms with Crippen LogP contribution in [0.1, 0.15) is 15.2 Å². The standard InChI is InChI=1S/C16H10Br2N2O2S/c17-11-5-9(6-12(18)15(11)21)8-19-20-16(22)14-7-10-3-1-2-4-13(10)23-14/h1-8,21H,(H,20,22)/b19-8+. The van der Waals surface area contributed by atoms with Crippen LogP contribution < -0.4 is 5.43 Å². The number of carbonyl (C=O) groups is 1. The zero-order chi connectivity index (χ0) is 16.4. The molecule has 2 aromatic carbocycles. The molecule has 0 fully saturated rings. The average Bonchev–Trinajstić information content (AvgIpc) is 2.96. The van der Waals surface area contributed by atoms with Crippen molar-refractivity contribution < 1.29 is 9.90 Å². The van der Waals surface area contributed by atoms with E-state index in [1.54, 1.807) is 12.1 Å². The van der Waals surface area contributed by atoms with Crippen molar-refractivity contribution in [3.63, 3.8) is 0 Å². The molecule has 1 amide bonds. The van der Waals surface area contributed by atoms with E-state index < -0.39 is 0 Å². The molecule has 23 heavy (non-hydrogen) atoms. The van der Waals surface area contributed by atoms with Gasteiger partial charge in [0.25, 0.3) is 5.91 Å². The third-order valence-corrected chi connectivity index (χ3v) is 5.39. The van der Waals surface area contributed by atoms with Crippen LogP contribution in [0.15, 0.2) is 56.5 Å². The van der Waals surface area contributed by atoms with Crippen molar-refractivity contribution >= 4 is 65.4 Å². The van der Waals surface area contributed by atoms with E-state index in [9.17, 15) is 9.90 Å². The van der Waals surface area contributed by atoms with Crippen LogP contribution in [0.2, 0.25) is 0 Å². The first-order valence-electron chi connectivity index (χ1n) is 6.54. The van der Waals surface area contributed by atoms with Crippen molar-refractivity contribution in [1.82, 2.24) is 5.43 Å². The van der Waals surface area contributed by atoms with E-state index in [1.165, 1.54) is 17.6 Å². The van der Waals surface area contributed by atoms with Gasteiger partial charge >= 0.3 is 0 Å². The van der Waals surface area contributed by atoms with E-state index in [0.29, 0.717) is 13.8 Å². The molecule has 0 saturated heterocycles. The number of nitrogens with one attached hydrogen (secondary N) is 1. The maximum atomic E-state index is 12.1. The molecule has 0 bridgehead atoms. The summed E-state index contributed by atoms with van der Waals surface area (Å²) >= 11 is 7.92. The van der Waals surface area contributed by atoms with Crippen LogP contribution in [0.5, 0.6) is 5.75 Å². The van der Waals surface area contributed by atoms with Crippen molar-refractivity contribution in [2.24, 2.45) is 5.10 Å². The van der Waals surface area contributed by atoms with Crippen LogP contribution in [-0.2, 0) is 0 Å². The van der Waals surface area contributed by atoms with Gasteiger partial charge in [-0.1, -0.05) is 18.2 Å². The van der Waals surface area contributed by atoms with Gasteiger partial charge < -0.3 is 5.11 Å². The van der Waals surface area contributed by atoms with Crippen molar-refractivity contribution in [3.8, 4) is 5.75 Å². The van der Waals surface area contributed by atoms with Crippen LogP contribution >= 0.6 is 43.2 Å². The molecule has 1 heterocycles. The lowest BCUT2D eigenvalue weighted by Gasteiger charge is -2.02. The maximum Gasteiger partial charge on any atom is 0.281 e. The summed E-state index contributed by atoms with van der Waals surface area (Å²) in [6, 6.07) is 13.1. The monoisotopic (exact) mass is 452 g/mol. The number of aromatic hydroxyl groups is 1. The van der Waals surface area contributed by atoms with E-state index >= 15 is 0 Å². The highest BCUT2D eigenvalue weighted by molar-refractivity contribution is 9.11. The number of fused-ring (bicyclic) bond motifs is 1. The lowest BCUT2D eigenvalue weighted by atomic mass is 10.2. The summed E-state index contributed by atoms with van der Waals surface area (Å²) in [4.78, 5) is 12.7. The first-order valence-corrected chi connectivity index (χ1v) is 8.95. The number of hydrazone groups is 1. The number of phenols is 1. The summed E-state index contributed by atoms with van der Waals surface area (Å²) in [5.41, 5.74) is 3.24. The summed E-state index contributed by atoms with van der Waals surface area (Å²) < 4.78 is 2.15. The third kappa shape index (κ3) is 3.63. The zero-order valence-electron chi connectivity index (χ0n) is 11.6. The van der Waals surface area contributed by atoms with Gasteiger partial charge in [0.05, 0.1) is 20.0 Å². The molecule has 0 aliphatic carbocycles. The summed E-state index contributed by atoms with van der Waals surface area (Å²) in [5.74, 6) is -0.129. The van der Waals surface area contributed by atoms with Gasteiger partial charge in [-0.15, -0.1) is 11.3 Å². The molecule has 0 spiro atoms. The van der Waals surface area contributed by atoms with Crippen LogP contribution in [0, 0.1) is 0 Å². The van der Waals surface area contributed by atoms with Gasteiger partial charge in [-0.3, -0.25) is 4.79 Å². The van der Waals surface area contributed by atoms with Gasteiger partial charge in [0.2, 0.25) is 0 Å². The van der Waals surface area contributed by atoms with E-state index in [4.69, 9.17) is 0 Å². The minimum absolute atomic E-state index is 0.122. The van der Waals surface area contributed by atoms with Crippen molar-refractivity contribution in [2.45, 2.75) is 0 Å². The molecular formula is C16H10Br2N2O2S. The molecule has 1 aromatic heterocycles. The highest BCUT2D eigenvalue weighted by Gasteiger charge is 2.09. The Morgan fingerprint density at radius 3 is 2.57 bits per heavy atom. The topological polar surface area (TPSA) is 61.7 Å². The Kier molecular flexibility index (Phi) is 4.79. The second kappa shape index (κ2) is 6.82. The Labute approximate surface area is 153 Å². The lowest BCUT2D eigenvalue weighted by molar-refractivity contribution is 0.0959. The Bertz CT molecular complexity index is 865. The predicted molar refractivity (Wildman–Crippen MR) is 100 cm³/mol. The van der Waals surface area contributed by atoms with Gasteiger partial charge in [0.15, 0.2) is 0 Å². The largest absolute Gasteiger partial charge is 0.506 e. The third-order valence-electron chi connectivity index (χ3n) is 3.07. The van der Waals surface area contributed by atoms with Gasteiger partial charge in [0.1, 0.15) is 5.75 Å². The molecule has 7 heteroatoms. The highest BCUT2D eigenvalue weighted by Crippen LogP contribution is 2.32. The molecule has 4 nitrogen and oxygen atoms in total. The molecular weight excluding hydrogens is 444 g/mol. The van der Waals surface area contributed by atoms with Crippen LogP contribution in [0.4, 0.5) is 0 Å². The molecule has 0 aliphatic heterocycles. The van der Waals surface area contributed by atoms with Crippen LogP contribution in [-0.4, -0.2) is 17.2 Å². The number of amides is 1. The second-order valence-corrected chi connectivity index (χ2v) is 7.47. The molecule has 0 unspecified atom stereocenters. The first kappa shape index (κ1) is 16.2. The van der Waals surface area contributed by atoms with E-state index in [0.717, 1.165) is 15.6 Å². The van der Waals surface area contributed by atoms with Crippen LogP contribution in [0.25, 0.3) is 10.1 Å². The number of thiophene rings is 1. The molecule has 0 aliphatic rings. The first-order chi connectivity index (χ1) is 11.0. The van der Waals surface area contributed by atoms with Gasteiger partial charge in [-0.2, -0.15) is 5.10 Å². The molecule has 2 N–H and O–H groups in total. The number of hydrogen-bond donors (Lipinski definition) is 2. The quantitative estimate of drug-likeness (QED) is 0.437. The Hall–Kier alpha value is -1.70. The summed E-state index contributed by atoms with van der Waals surface area (Å²) in [7, 11) is 0. The Morgan fingerprint density at radius 2 is 1.87 bits per heavy atom. The number of nitrogens with zero attached hydrogens (tertiary/aromatic N) is 1. The Balaban J connectivity index is 1.73. The molecule has 3 aromatic rings. The fourth-order valence-electron chi connectivity index (χ4n) is 1.97. The lowest BCUT2D eigenvalue weighted by Crippen LogP contribution is -2.16. The second-order valence-electron chi connectivity index (χ2n) is 4.68. The average molecular weight is 454 g/mol. The molecule has 116 valence electrons. The van der Waals surface area contributed by atoms with E-state index in [1.807, 2.05) is 30.3 Å². The fourth-order valence-corrected chi connectivity index (χ4v) is 4.15. The smallest absolute Gasteiger partial charge is 0.281 e.